The summed E-state index contributed by atoms with van der Waals surface area (Å²) >= 11 is 1.01. The van der Waals surface area contributed by atoms with E-state index in [-0.39, 0.29) is 17.5 Å². The summed E-state index contributed by atoms with van der Waals surface area (Å²) in [7, 11) is -0.828. The highest BCUT2D eigenvalue weighted by Gasteiger charge is 2.54. The smallest absolute Gasteiger partial charge is 0.387 e. The molecule has 1 aromatic rings. The van der Waals surface area contributed by atoms with Crippen LogP contribution in [0.1, 0.15) is 37.5 Å². The summed E-state index contributed by atoms with van der Waals surface area (Å²) in [6.07, 6.45) is -3.11. The maximum atomic E-state index is 13.9. The molecule has 2 heterocycles. The molecular weight excluding hydrogens is 456 g/mol. The first-order valence-electron chi connectivity index (χ1n) is 9.31. The van der Waals surface area contributed by atoms with E-state index in [9.17, 15) is 28.8 Å². The van der Waals surface area contributed by atoms with Crippen LogP contribution in [0.5, 0.6) is 0 Å². The number of rotatable bonds is 10. The van der Waals surface area contributed by atoms with Gasteiger partial charge in [0.2, 0.25) is 0 Å². The lowest BCUT2D eigenvalue weighted by atomic mass is 9.97. The van der Waals surface area contributed by atoms with Crippen molar-refractivity contribution in [3.8, 4) is 0 Å². The van der Waals surface area contributed by atoms with Gasteiger partial charge >= 0.3 is 7.75 Å². The Morgan fingerprint density at radius 1 is 1.42 bits per heavy atom. The van der Waals surface area contributed by atoms with Gasteiger partial charge in [0.05, 0.1) is 19.4 Å². The van der Waals surface area contributed by atoms with E-state index in [1.54, 1.807) is 0 Å². The molecule has 0 aromatic carbocycles. The molecule has 1 fully saturated rings. The fraction of sp³-hybridized carbons (Fsp3) is 0.706. The van der Waals surface area contributed by atoms with Crippen LogP contribution in [-0.4, -0.2) is 86.4 Å². The SMILES string of the molecule is CC(=O)SCCOP(=O)(OC[C@H]1O[C@@H](n2cc(F)c(C(C)=O)n2)[C@@](C)(O)C1O)N(C)C. The first kappa shape index (κ1) is 26.1. The Labute approximate surface area is 183 Å². The highest BCUT2D eigenvalue weighted by atomic mass is 32.2. The molecule has 31 heavy (non-hydrogen) atoms. The van der Waals surface area contributed by atoms with Gasteiger partial charge in [-0.2, -0.15) is 5.10 Å². The fourth-order valence-electron chi connectivity index (χ4n) is 2.86. The lowest BCUT2D eigenvalue weighted by Crippen LogP contribution is -2.44. The first-order chi connectivity index (χ1) is 14.3. The molecule has 2 N–H and O–H groups in total. The number of aromatic nitrogens is 2. The summed E-state index contributed by atoms with van der Waals surface area (Å²) in [6, 6.07) is 0. The number of aliphatic hydroxyl groups is 2. The van der Waals surface area contributed by atoms with Gasteiger partial charge in [-0.1, -0.05) is 11.8 Å². The maximum absolute atomic E-state index is 13.9. The zero-order valence-corrected chi connectivity index (χ0v) is 19.6. The number of Topliss-reactive ketones (excluding diaryl/α,β-unsaturated/α-hetero) is 1. The van der Waals surface area contributed by atoms with Gasteiger partial charge in [0.25, 0.3) is 0 Å². The van der Waals surface area contributed by atoms with Crippen molar-refractivity contribution in [3.05, 3.63) is 17.7 Å². The highest BCUT2D eigenvalue weighted by molar-refractivity contribution is 8.13. The van der Waals surface area contributed by atoms with Gasteiger partial charge in [-0.15, -0.1) is 0 Å². The monoisotopic (exact) mass is 483 g/mol. The Balaban J connectivity index is 2.09. The molecule has 2 rings (SSSR count). The second kappa shape index (κ2) is 10.2. The van der Waals surface area contributed by atoms with Crippen molar-refractivity contribution in [2.45, 2.75) is 44.8 Å². The van der Waals surface area contributed by atoms with Gasteiger partial charge in [-0.05, 0) is 21.0 Å². The number of halogens is 1. The molecule has 1 aliphatic rings. The molecule has 11 nitrogen and oxygen atoms in total. The van der Waals surface area contributed by atoms with Crippen LogP contribution < -0.4 is 0 Å². The van der Waals surface area contributed by atoms with E-state index in [0.717, 1.165) is 29.6 Å². The maximum Gasteiger partial charge on any atom is 0.407 e. The quantitative estimate of drug-likeness (QED) is 0.282. The highest BCUT2D eigenvalue weighted by Crippen LogP contribution is 2.51. The number of thioether (sulfide) groups is 1. The van der Waals surface area contributed by atoms with Crippen LogP contribution in [0.25, 0.3) is 0 Å². The average Bonchev–Trinajstić information content (AvgIpc) is 3.15. The number of ketones is 1. The summed E-state index contributed by atoms with van der Waals surface area (Å²) in [5, 5.41) is 24.9. The molecule has 176 valence electrons. The minimum atomic E-state index is -3.77. The van der Waals surface area contributed by atoms with Crippen molar-refractivity contribution in [2.24, 2.45) is 0 Å². The van der Waals surface area contributed by atoms with Crippen molar-refractivity contribution < 1.29 is 42.5 Å². The minimum absolute atomic E-state index is 0.0193. The number of hydrogen-bond donors (Lipinski definition) is 2. The lowest BCUT2D eigenvalue weighted by molar-refractivity contribution is -0.109. The molecule has 0 amide bonds. The summed E-state index contributed by atoms with van der Waals surface area (Å²) in [5.41, 5.74) is -2.34. The fourth-order valence-corrected chi connectivity index (χ4v) is 4.63. The zero-order valence-electron chi connectivity index (χ0n) is 17.8. The molecule has 0 bridgehead atoms. The van der Waals surface area contributed by atoms with E-state index in [1.807, 2.05) is 0 Å². The summed E-state index contributed by atoms with van der Waals surface area (Å²) in [6.45, 7) is 3.36. The number of carbonyl (C=O) groups excluding carboxylic acids is 2. The lowest BCUT2D eigenvalue weighted by Gasteiger charge is -2.27. The van der Waals surface area contributed by atoms with Crippen LogP contribution in [0.4, 0.5) is 4.39 Å². The van der Waals surface area contributed by atoms with E-state index < -0.39 is 55.7 Å². The molecule has 0 saturated carbocycles. The topological polar surface area (TPSA) is 140 Å². The summed E-state index contributed by atoms with van der Waals surface area (Å²) in [5.74, 6) is -1.23. The molecule has 0 radical (unpaired) electrons. The Bertz CT molecular complexity index is 864. The van der Waals surface area contributed by atoms with Gasteiger partial charge in [0.15, 0.2) is 28.6 Å². The standard InChI is InChI=1S/C17H27FN3O8PS/c1-10(22)14-12(18)8-21(19-14)16-17(3,25)15(24)13(29-16)9-28-30(26,20(4)5)27-6-7-31-11(2)23/h8,13,15-16,24-25H,6-7,9H2,1-5H3/t13-,15?,16-,17+,30?/m1/s1. The van der Waals surface area contributed by atoms with Crippen molar-refractivity contribution in [1.82, 2.24) is 14.5 Å². The molecule has 5 atom stereocenters. The average molecular weight is 483 g/mol. The molecule has 1 aromatic heterocycles. The molecule has 0 aliphatic carbocycles. The third-order valence-electron chi connectivity index (χ3n) is 4.55. The third kappa shape index (κ3) is 5.99. The number of carbonyl (C=O) groups is 2. The first-order valence-corrected chi connectivity index (χ1v) is 11.8. The summed E-state index contributed by atoms with van der Waals surface area (Å²) < 4.78 is 45.4. The molecular formula is C17H27FN3O8PS. The minimum Gasteiger partial charge on any atom is -0.387 e. The van der Waals surface area contributed by atoms with Crippen LogP contribution in [-0.2, 0) is 23.1 Å². The van der Waals surface area contributed by atoms with Gasteiger partial charge in [-0.25, -0.2) is 18.3 Å². The van der Waals surface area contributed by atoms with Crippen molar-refractivity contribution in [2.75, 3.05) is 33.1 Å². The van der Waals surface area contributed by atoms with Crippen LogP contribution in [0.2, 0.25) is 0 Å². The molecule has 2 unspecified atom stereocenters. The Morgan fingerprint density at radius 3 is 2.58 bits per heavy atom. The van der Waals surface area contributed by atoms with Crippen LogP contribution in [0, 0.1) is 5.82 Å². The number of nitrogens with zero attached hydrogens (tertiary/aromatic N) is 3. The normalized spacial score (nSPS) is 28.1. The van der Waals surface area contributed by atoms with Crippen molar-refractivity contribution in [3.63, 3.8) is 0 Å². The second-order valence-corrected chi connectivity index (χ2v) is 10.9. The van der Waals surface area contributed by atoms with Crippen molar-refractivity contribution in [1.29, 1.82) is 0 Å². The van der Waals surface area contributed by atoms with Crippen molar-refractivity contribution >= 4 is 30.4 Å². The van der Waals surface area contributed by atoms with Crippen LogP contribution in [0.3, 0.4) is 0 Å². The largest absolute Gasteiger partial charge is 0.407 e. The van der Waals surface area contributed by atoms with E-state index in [0.29, 0.717) is 0 Å². The second-order valence-electron chi connectivity index (χ2n) is 7.34. The molecule has 1 aliphatic heterocycles. The summed E-state index contributed by atoms with van der Waals surface area (Å²) in [4.78, 5) is 22.4. The van der Waals surface area contributed by atoms with Crippen LogP contribution in [0.15, 0.2) is 6.20 Å². The predicted octanol–water partition coefficient (Wildman–Crippen LogP) is 1.22. The van der Waals surface area contributed by atoms with E-state index in [1.165, 1.54) is 32.6 Å². The van der Waals surface area contributed by atoms with Crippen LogP contribution >= 0.6 is 19.5 Å². The molecule has 14 heteroatoms. The van der Waals surface area contributed by atoms with Gasteiger partial charge in [0, 0.05) is 19.6 Å². The van der Waals surface area contributed by atoms with E-state index in [2.05, 4.69) is 5.10 Å². The molecule has 0 spiro atoms. The third-order valence-corrected chi connectivity index (χ3v) is 7.29. The van der Waals surface area contributed by atoms with Gasteiger partial charge < -0.3 is 14.9 Å². The number of ether oxygens (including phenoxy) is 1. The Hall–Kier alpha value is -1.18. The Morgan fingerprint density at radius 2 is 2.06 bits per heavy atom. The zero-order chi connectivity index (χ0) is 23.6. The van der Waals surface area contributed by atoms with E-state index >= 15 is 0 Å². The predicted molar refractivity (Wildman–Crippen MR) is 109 cm³/mol. The number of aliphatic hydroxyl groups excluding tert-OH is 1. The molecule has 1 saturated heterocycles. The van der Waals surface area contributed by atoms with E-state index in [4.69, 9.17) is 13.8 Å². The van der Waals surface area contributed by atoms with Gasteiger partial charge in [0.1, 0.15) is 17.8 Å². The van der Waals surface area contributed by atoms with Gasteiger partial charge in [-0.3, -0.25) is 18.6 Å². The number of hydrogen-bond acceptors (Lipinski definition) is 10. The Kier molecular flexibility index (Phi) is 8.56.